The number of rotatable bonds is 5. The minimum absolute atomic E-state index is 0.128. The Morgan fingerprint density at radius 3 is 2.69 bits per heavy atom. The Kier molecular flexibility index (Phi) is 5.11. The van der Waals surface area contributed by atoms with Crippen LogP contribution in [0.5, 0.6) is 5.75 Å². The lowest BCUT2D eigenvalue weighted by atomic mass is 10.1. The maximum atomic E-state index is 13.6. The Balaban J connectivity index is 1.91. The van der Waals surface area contributed by atoms with Crippen molar-refractivity contribution in [2.24, 2.45) is 0 Å². The fraction of sp³-hybridized carbons (Fsp3) is 0.368. The number of halogens is 1. The third-order valence-electron chi connectivity index (χ3n) is 4.63. The molecule has 0 spiro atoms. The predicted octanol–water partition coefficient (Wildman–Crippen LogP) is 4.16. The van der Waals surface area contributed by atoms with Gasteiger partial charge in [0.25, 0.3) is 5.56 Å². The van der Waals surface area contributed by atoms with Gasteiger partial charge in [0.2, 0.25) is 0 Å². The number of methoxy groups -OCH3 is 1. The molecule has 7 heteroatoms. The molecule has 1 aromatic carbocycles. The van der Waals surface area contributed by atoms with Crippen molar-refractivity contribution in [3.05, 3.63) is 56.2 Å². The van der Waals surface area contributed by atoms with Crippen LogP contribution in [0.1, 0.15) is 47.8 Å². The van der Waals surface area contributed by atoms with E-state index in [-0.39, 0.29) is 23.5 Å². The molecule has 0 bridgehead atoms. The van der Waals surface area contributed by atoms with Gasteiger partial charge in [-0.05, 0) is 51.5 Å². The van der Waals surface area contributed by atoms with E-state index >= 15 is 0 Å². The highest BCUT2D eigenvalue weighted by Crippen LogP contribution is 2.29. The van der Waals surface area contributed by atoms with Crippen LogP contribution in [0, 0.1) is 19.7 Å². The van der Waals surface area contributed by atoms with Gasteiger partial charge < -0.3 is 15.0 Å². The van der Waals surface area contributed by atoms with Crippen LogP contribution in [-0.2, 0) is 0 Å². The van der Waals surface area contributed by atoms with Gasteiger partial charge in [0, 0.05) is 16.5 Å². The van der Waals surface area contributed by atoms with Crippen LogP contribution in [0.25, 0.3) is 10.2 Å². The quantitative estimate of drug-likeness (QED) is 0.703. The van der Waals surface area contributed by atoms with Gasteiger partial charge in [0.15, 0.2) is 0 Å². The molecule has 3 aromatic rings. The summed E-state index contributed by atoms with van der Waals surface area (Å²) in [6, 6.07) is 4.01. The molecule has 0 aliphatic heterocycles. The van der Waals surface area contributed by atoms with Gasteiger partial charge in [0.1, 0.15) is 22.2 Å². The number of nitrogens with zero attached hydrogens (tertiary/aromatic N) is 1. The van der Waals surface area contributed by atoms with E-state index in [2.05, 4.69) is 15.3 Å². The molecule has 0 amide bonds. The first-order valence-corrected chi connectivity index (χ1v) is 9.22. The molecule has 0 aliphatic rings. The third kappa shape index (κ3) is 3.37. The van der Waals surface area contributed by atoms with Crippen LogP contribution >= 0.6 is 11.3 Å². The molecule has 0 radical (unpaired) electrons. The highest BCUT2D eigenvalue weighted by Gasteiger charge is 2.19. The van der Waals surface area contributed by atoms with Crippen molar-refractivity contribution in [1.82, 2.24) is 15.3 Å². The average Bonchev–Trinajstić information content (AvgIpc) is 2.89. The Hall–Kier alpha value is -2.25. The SMILES string of the molecule is COc1ccc(F)cc1[C@H](C)N[C@H](C)c1nc2sc(C)c(C)c2c(=O)[nH]1. The number of fused-ring (bicyclic) bond motifs is 1. The summed E-state index contributed by atoms with van der Waals surface area (Å²) < 4.78 is 19.0. The molecular formula is C19H22FN3O2S. The number of aromatic nitrogens is 2. The third-order valence-corrected chi connectivity index (χ3v) is 5.73. The number of hydrogen-bond donors (Lipinski definition) is 2. The second-order valence-electron chi connectivity index (χ2n) is 6.41. The van der Waals surface area contributed by atoms with Gasteiger partial charge >= 0.3 is 0 Å². The van der Waals surface area contributed by atoms with Crippen molar-refractivity contribution in [3.63, 3.8) is 0 Å². The largest absolute Gasteiger partial charge is 0.496 e. The first-order valence-electron chi connectivity index (χ1n) is 8.41. The summed E-state index contributed by atoms with van der Waals surface area (Å²) in [5.74, 6) is 0.852. The van der Waals surface area contributed by atoms with Crippen molar-refractivity contribution in [2.45, 2.75) is 39.8 Å². The number of hydrogen-bond acceptors (Lipinski definition) is 5. The second kappa shape index (κ2) is 7.17. The topological polar surface area (TPSA) is 67.0 Å². The van der Waals surface area contributed by atoms with Gasteiger partial charge in [-0.15, -0.1) is 11.3 Å². The van der Waals surface area contributed by atoms with E-state index < -0.39 is 0 Å². The minimum atomic E-state index is -0.320. The van der Waals surface area contributed by atoms with Gasteiger partial charge in [-0.3, -0.25) is 4.79 Å². The summed E-state index contributed by atoms with van der Waals surface area (Å²) in [5, 5.41) is 4.01. The molecule has 0 saturated carbocycles. The maximum Gasteiger partial charge on any atom is 0.259 e. The molecule has 0 aliphatic carbocycles. The van der Waals surface area contributed by atoms with Crippen LogP contribution in [0.4, 0.5) is 4.39 Å². The van der Waals surface area contributed by atoms with E-state index in [4.69, 9.17) is 4.74 Å². The number of ether oxygens (including phenoxy) is 1. The molecule has 0 fully saturated rings. The first-order chi connectivity index (χ1) is 12.3. The fourth-order valence-corrected chi connectivity index (χ4v) is 4.10. The van der Waals surface area contributed by atoms with Gasteiger partial charge in [0.05, 0.1) is 18.5 Å². The van der Waals surface area contributed by atoms with Crippen molar-refractivity contribution < 1.29 is 9.13 Å². The zero-order valence-corrected chi connectivity index (χ0v) is 16.3. The lowest BCUT2D eigenvalue weighted by Gasteiger charge is -2.21. The number of H-pyrrole nitrogens is 1. The van der Waals surface area contributed by atoms with E-state index in [0.717, 1.165) is 15.3 Å². The number of aryl methyl sites for hydroxylation is 2. The Morgan fingerprint density at radius 1 is 1.27 bits per heavy atom. The first kappa shape index (κ1) is 18.5. The molecule has 2 atom stereocenters. The number of benzene rings is 1. The van der Waals surface area contributed by atoms with Gasteiger partial charge in [-0.25, -0.2) is 9.37 Å². The molecule has 0 unspecified atom stereocenters. The van der Waals surface area contributed by atoms with Crippen LogP contribution in [-0.4, -0.2) is 17.1 Å². The maximum absolute atomic E-state index is 13.6. The lowest BCUT2D eigenvalue weighted by molar-refractivity contribution is 0.393. The van der Waals surface area contributed by atoms with Crippen molar-refractivity contribution in [1.29, 1.82) is 0 Å². The molecule has 2 heterocycles. The summed E-state index contributed by atoms with van der Waals surface area (Å²) >= 11 is 1.52. The highest BCUT2D eigenvalue weighted by atomic mass is 32.1. The van der Waals surface area contributed by atoms with E-state index in [0.29, 0.717) is 22.5 Å². The minimum Gasteiger partial charge on any atom is -0.496 e. The molecule has 26 heavy (non-hydrogen) atoms. The molecule has 2 aromatic heterocycles. The summed E-state index contributed by atoms with van der Waals surface area (Å²) in [6.45, 7) is 7.76. The Morgan fingerprint density at radius 2 is 2.00 bits per heavy atom. The normalized spacial score (nSPS) is 13.8. The Labute approximate surface area is 155 Å². The number of aromatic amines is 1. The fourth-order valence-electron chi connectivity index (χ4n) is 3.06. The smallest absolute Gasteiger partial charge is 0.259 e. The van der Waals surface area contributed by atoms with E-state index in [1.807, 2.05) is 27.7 Å². The standard InChI is InChI=1S/C19H22FN3O2S/c1-9-12(4)26-19-16(9)18(24)22-17(23-19)11(3)21-10(2)14-8-13(20)6-7-15(14)25-5/h6-8,10-11,21H,1-5H3,(H,22,23,24)/t10-,11+/m0/s1. The molecule has 138 valence electrons. The summed E-state index contributed by atoms with van der Waals surface area (Å²) in [7, 11) is 1.56. The number of nitrogens with one attached hydrogen (secondary N) is 2. The van der Waals surface area contributed by atoms with Crippen LogP contribution < -0.4 is 15.6 Å². The zero-order chi connectivity index (χ0) is 19.0. The van der Waals surface area contributed by atoms with Crippen molar-refractivity contribution >= 4 is 21.6 Å². The molecule has 5 nitrogen and oxygen atoms in total. The molecular weight excluding hydrogens is 353 g/mol. The van der Waals surface area contributed by atoms with Crippen LogP contribution in [0.2, 0.25) is 0 Å². The lowest BCUT2D eigenvalue weighted by Crippen LogP contribution is -2.26. The van der Waals surface area contributed by atoms with Crippen molar-refractivity contribution in [2.75, 3.05) is 7.11 Å². The van der Waals surface area contributed by atoms with Gasteiger partial charge in [-0.2, -0.15) is 0 Å². The van der Waals surface area contributed by atoms with Crippen LogP contribution in [0.15, 0.2) is 23.0 Å². The highest BCUT2D eigenvalue weighted by molar-refractivity contribution is 7.18. The summed E-state index contributed by atoms with van der Waals surface area (Å²) in [6.07, 6.45) is 0. The molecule has 2 N–H and O–H groups in total. The zero-order valence-electron chi connectivity index (χ0n) is 15.4. The van der Waals surface area contributed by atoms with Gasteiger partial charge in [-0.1, -0.05) is 0 Å². The van der Waals surface area contributed by atoms with E-state index in [1.54, 1.807) is 13.2 Å². The second-order valence-corrected chi connectivity index (χ2v) is 7.61. The van der Waals surface area contributed by atoms with E-state index in [1.165, 1.54) is 23.5 Å². The number of thiophene rings is 1. The predicted molar refractivity (Wildman–Crippen MR) is 103 cm³/mol. The molecule has 0 saturated heterocycles. The summed E-state index contributed by atoms with van der Waals surface area (Å²) in [5.41, 5.74) is 1.56. The van der Waals surface area contributed by atoms with Crippen LogP contribution in [0.3, 0.4) is 0 Å². The Bertz CT molecular complexity index is 1010. The van der Waals surface area contributed by atoms with Crippen molar-refractivity contribution in [3.8, 4) is 5.75 Å². The van der Waals surface area contributed by atoms with E-state index in [9.17, 15) is 9.18 Å². The molecule has 3 rings (SSSR count). The summed E-state index contributed by atoms with van der Waals surface area (Å²) in [4.78, 5) is 21.8. The monoisotopic (exact) mass is 375 g/mol. The average molecular weight is 375 g/mol.